The van der Waals surface area contributed by atoms with Crippen molar-refractivity contribution in [3.63, 3.8) is 0 Å². The van der Waals surface area contributed by atoms with Gasteiger partial charge in [-0.1, -0.05) is 153 Å². The van der Waals surface area contributed by atoms with Crippen LogP contribution in [0.2, 0.25) is 0 Å². The summed E-state index contributed by atoms with van der Waals surface area (Å²) in [5.74, 6) is -6.56. The molecular formula is C56H95BrO18. The van der Waals surface area contributed by atoms with Crippen LogP contribution in [0.5, 0.6) is 0 Å². The summed E-state index contributed by atoms with van der Waals surface area (Å²) in [6.45, 7) is 32.8. The number of rotatable bonds is 35. The third-order valence-electron chi connectivity index (χ3n) is 9.62. The van der Waals surface area contributed by atoms with Crippen LogP contribution in [0.25, 0.3) is 0 Å². The standard InChI is InChI=1S/C20H34O6.C16H26O6.C13H22O4.C7H13BrO2/c1-7-8-9-10-11-12-13-24-17(21)14-15(2)18(22)25-16(3)19(23)26-20(4,5)6;1-4-5-6-7-8-9-10-21-14(17)11-12(2)16(20)22-13(3)15(18)19;1-3-4-5-6-7-8-9-17-12(14)10-11(2)13(15)16;1-5(8)6(9)10-7(2,3)4/h16H,2,7-14H2,1,3-6H3;13H,2,4-11H2,1,3H3,(H,18,19);2-10H2,1H3,(H,15,16);5H,1-4H3. The zero-order chi connectivity index (χ0) is 58.6. The third-order valence-corrected chi connectivity index (χ3v) is 10.00. The summed E-state index contributed by atoms with van der Waals surface area (Å²) in [4.78, 5) is 101. The smallest absolute Gasteiger partial charge is 0.347 e. The van der Waals surface area contributed by atoms with Crippen molar-refractivity contribution in [2.24, 2.45) is 0 Å². The Bertz CT molecular complexity index is 1720. The highest BCUT2D eigenvalue weighted by atomic mass is 79.9. The van der Waals surface area contributed by atoms with Crippen molar-refractivity contribution in [1.82, 2.24) is 0 Å². The van der Waals surface area contributed by atoms with E-state index < -0.39 is 65.6 Å². The number of carboxylic acids is 2. The van der Waals surface area contributed by atoms with Crippen LogP contribution < -0.4 is 0 Å². The molecule has 18 nitrogen and oxygen atoms in total. The van der Waals surface area contributed by atoms with Gasteiger partial charge in [0.05, 0.1) is 39.1 Å². The van der Waals surface area contributed by atoms with E-state index in [-0.39, 0.29) is 52.4 Å². The number of esters is 7. The minimum absolute atomic E-state index is 0.0478. The number of carbonyl (C=O) groups excluding carboxylic acids is 7. The molecule has 0 aliphatic rings. The van der Waals surface area contributed by atoms with Crippen LogP contribution in [0.1, 0.15) is 218 Å². The molecule has 0 aromatic rings. The average Bonchev–Trinajstić information content (AvgIpc) is 3.29. The van der Waals surface area contributed by atoms with Crippen LogP contribution in [0, 0.1) is 0 Å². The number of unbranched alkanes of at least 4 members (excludes halogenated alkanes) is 15. The number of aliphatic carboxylic acids is 2. The fourth-order valence-electron chi connectivity index (χ4n) is 5.45. The van der Waals surface area contributed by atoms with E-state index >= 15 is 0 Å². The molecule has 434 valence electrons. The maximum absolute atomic E-state index is 11.9. The summed E-state index contributed by atoms with van der Waals surface area (Å²) in [7, 11) is 0. The molecule has 19 heteroatoms. The van der Waals surface area contributed by atoms with E-state index in [9.17, 15) is 43.2 Å². The van der Waals surface area contributed by atoms with Crippen molar-refractivity contribution in [3.8, 4) is 0 Å². The molecule has 2 N–H and O–H groups in total. The quantitative estimate of drug-likeness (QED) is 0.0196. The Labute approximate surface area is 456 Å². The number of ether oxygens (including phenoxy) is 7. The fourth-order valence-corrected chi connectivity index (χ4v) is 5.55. The van der Waals surface area contributed by atoms with Gasteiger partial charge in [0.1, 0.15) is 16.0 Å². The van der Waals surface area contributed by atoms with Crippen molar-refractivity contribution < 1.29 is 86.5 Å². The Hall–Kier alpha value is -5.07. The third kappa shape index (κ3) is 53.6. The van der Waals surface area contributed by atoms with Gasteiger partial charge in [-0.3, -0.25) is 19.2 Å². The number of alkyl halides is 1. The first-order valence-electron chi connectivity index (χ1n) is 26.3. The molecule has 0 aliphatic carbocycles. The normalized spacial score (nSPS) is 11.8. The van der Waals surface area contributed by atoms with Gasteiger partial charge in [-0.25, -0.2) is 24.0 Å². The van der Waals surface area contributed by atoms with E-state index in [0.29, 0.717) is 19.8 Å². The van der Waals surface area contributed by atoms with Crippen molar-refractivity contribution in [2.45, 2.75) is 246 Å². The Morgan fingerprint density at radius 3 is 0.987 bits per heavy atom. The zero-order valence-electron chi connectivity index (χ0n) is 47.6. The van der Waals surface area contributed by atoms with Crippen molar-refractivity contribution in [2.75, 3.05) is 19.8 Å². The molecule has 0 heterocycles. The number of hydrogen-bond acceptors (Lipinski definition) is 16. The topological polar surface area (TPSA) is 259 Å². The Balaban J connectivity index is -0.000000469. The van der Waals surface area contributed by atoms with Crippen LogP contribution in [-0.4, -0.2) is 112 Å². The second-order valence-electron chi connectivity index (χ2n) is 19.7. The molecule has 0 aromatic heterocycles. The van der Waals surface area contributed by atoms with E-state index in [4.69, 9.17) is 38.6 Å². The molecule has 75 heavy (non-hydrogen) atoms. The Kier molecular flexibility index (Phi) is 47.1. The average molecular weight is 1140 g/mol. The van der Waals surface area contributed by atoms with Gasteiger partial charge in [0.2, 0.25) is 0 Å². The fraction of sp³-hybridized carbons (Fsp3) is 0.732. The molecular weight excluding hydrogens is 1040 g/mol. The van der Waals surface area contributed by atoms with E-state index in [2.05, 4.69) is 61.2 Å². The highest BCUT2D eigenvalue weighted by molar-refractivity contribution is 9.10. The number of halogens is 1. The largest absolute Gasteiger partial charge is 0.479 e. The van der Waals surface area contributed by atoms with Gasteiger partial charge < -0.3 is 43.4 Å². The lowest BCUT2D eigenvalue weighted by molar-refractivity contribution is -0.172. The summed E-state index contributed by atoms with van der Waals surface area (Å²) < 4.78 is 34.7. The second-order valence-corrected chi connectivity index (χ2v) is 21.1. The molecule has 3 unspecified atom stereocenters. The predicted octanol–water partition coefficient (Wildman–Crippen LogP) is 12.0. The molecule has 3 atom stereocenters. The van der Waals surface area contributed by atoms with Gasteiger partial charge in [0.15, 0.2) is 12.2 Å². The summed E-state index contributed by atoms with van der Waals surface area (Å²) in [6.07, 6.45) is 16.7. The second kappa shape index (κ2) is 46.2. The van der Waals surface area contributed by atoms with Crippen molar-refractivity contribution >= 4 is 69.7 Å². The monoisotopic (exact) mass is 1130 g/mol. The van der Waals surface area contributed by atoms with Gasteiger partial charge in [-0.2, -0.15) is 0 Å². The summed E-state index contributed by atoms with van der Waals surface area (Å²) in [5, 5.41) is 17.1. The summed E-state index contributed by atoms with van der Waals surface area (Å²) in [5.41, 5.74) is -1.33. The number of carboxylic acid groups (broad SMARTS) is 2. The van der Waals surface area contributed by atoms with Gasteiger partial charge in [0.25, 0.3) is 0 Å². The summed E-state index contributed by atoms with van der Waals surface area (Å²) >= 11 is 3.12. The first-order chi connectivity index (χ1) is 34.8. The molecule has 0 radical (unpaired) electrons. The highest BCUT2D eigenvalue weighted by Gasteiger charge is 2.26. The molecule has 0 saturated carbocycles. The lowest BCUT2D eigenvalue weighted by atomic mass is 10.1. The molecule has 0 fully saturated rings. The van der Waals surface area contributed by atoms with Crippen molar-refractivity contribution in [3.05, 3.63) is 36.5 Å². The van der Waals surface area contributed by atoms with Gasteiger partial charge >= 0.3 is 53.7 Å². The van der Waals surface area contributed by atoms with E-state index in [1.54, 1.807) is 27.7 Å². The lowest BCUT2D eigenvalue weighted by Crippen LogP contribution is -2.33. The Morgan fingerprint density at radius 2 is 0.720 bits per heavy atom. The molecule has 0 spiro atoms. The number of carbonyl (C=O) groups is 9. The zero-order valence-corrected chi connectivity index (χ0v) is 49.2. The maximum Gasteiger partial charge on any atom is 0.347 e. The SMILES string of the molecule is C=C(CC(=O)OCCCCCCCC)C(=O)O.C=C(CC(=O)OCCCCCCCC)C(=O)OC(C)C(=O)O.C=C(CC(=O)OCCCCCCCC)C(=O)OC(C)C(=O)OC(C)(C)C.CC(Br)C(=O)OC(C)(C)C. The van der Waals surface area contributed by atoms with Gasteiger partial charge in [-0.15, -0.1) is 0 Å². The molecule has 0 saturated heterocycles. The van der Waals surface area contributed by atoms with E-state index in [1.165, 1.54) is 71.6 Å². The maximum atomic E-state index is 11.9. The van der Waals surface area contributed by atoms with Crippen LogP contribution in [0.15, 0.2) is 36.5 Å². The molecule has 0 rings (SSSR count). The first kappa shape index (κ1) is 76.4. The van der Waals surface area contributed by atoms with E-state index in [0.717, 1.165) is 57.8 Å². The van der Waals surface area contributed by atoms with Crippen LogP contribution in [-0.2, 0) is 76.3 Å². The lowest BCUT2D eigenvalue weighted by Gasteiger charge is -2.22. The van der Waals surface area contributed by atoms with Crippen LogP contribution >= 0.6 is 15.9 Å². The Morgan fingerprint density at radius 1 is 0.440 bits per heavy atom. The minimum Gasteiger partial charge on any atom is -0.479 e. The molecule has 0 bridgehead atoms. The van der Waals surface area contributed by atoms with Crippen LogP contribution in [0.4, 0.5) is 0 Å². The highest BCUT2D eigenvalue weighted by Crippen LogP contribution is 2.14. The molecule has 0 aromatic carbocycles. The van der Waals surface area contributed by atoms with Crippen molar-refractivity contribution in [1.29, 1.82) is 0 Å². The van der Waals surface area contributed by atoms with Gasteiger partial charge in [-0.05, 0) is 81.6 Å². The molecule has 0 aliphatic heterocycles. The summed E-state index contributed by atoms with van der Waals surface area (Å²) in [6, 6.07) is 0. The number of hydrogen-bond donors (Lipinski definition) is 2. The molecule has 0 amide bonds. The van der Waals surface area contributed by atoms with E-state index in [1.807, 2.05) is 20.8 Å². The van der Waals surface area contributed by atoms with Gasteiger partial charge in [0, 0.05) is 16.7 Å². The van der Waals surface area contributed by atoms with Crippen LogP contribution in [0.3, 0.4) is 0 Å². The first-order valence-corrected chi connectivity index (χ1v) is 27.2. The predicted molar refractivity (Wildman–Crippen MR) is 291 cm³/mol. The minimum atomic E-state index is -1.27.